The second-order valence-corrected chi connectivity index (χ2v) is 6.34. The highest BCUT2D eigenvalue weighted by Crippen LogP contribution is 2.61. The molecule has 2 heteroatoms. The summed E-state index contributed by atoms with van der Waals surface area (Å²) >= 11 is 0. The van der Waals surface area contributed by atoms with Crippen molar-refractivity contribution >= 4 is 5.78 Å². The van der Waals surface area contributed by atoms with Crippen molar-refractivity contribution in [3.63, 3.8) is 0 Å². The summed E-state index contributed by atoms with van der Waals surface area (Å²) in [4.78, 5) is 11.6. The molecule has 0 spiro atoms. The molecule has 0 saturated heterocycles. The molecule has 15 heavy (non-hydrogen) atoms. The average Bonchev–Trinajstić information content (AvgIpc) is 2.14. The van der Waals surface area contributed by atoms with Gasteiger partial charge in [0.1, 0.15) is 5.78 Å². The predicted molar refractivity (Wildman–Crippen MR) is 59.3 cm³/mol. The Kier molecular flexibility index (Phi) is 2.17. The van der Waals surface area contributed by atoms with Gasteiger partial charge in [0.2, 0.25) is 0 Å². The lowest BCUT2D eigenvalue weighted by Crippen LogP contribution is -2.47. The smallest absolute Gasteiger partial charge is 0.146 e. The third kappa shape index (κ3) is 1.63. The summed E-state index contributed by atoms with van der Waals surface area (Å²) < 4.78 is 0. The van der Waals surface area contributed by atoms with Crippen LogP contribution in [0.15, 0.2) is 0 Å². The molecule has 0 aliphatic heterocycles. The van der Waals surface area contributed by atoms with Crippen molar-refractivity contribution in [1.82, 2.24) is 0 Å². The van der Waals surface area contributed by atoms with Crippen LogP contribution in [0.4, 0.5) is 0 Å². The minimum atomic E-state index is 0.252. The lowest BCUT2D eigenvalue weighted by molar-refractivity contribution is -0.126. The summed E-state index contributed by atoms with van der Waals surface area (Å²) in [5, 5.41) is 0. The monoisotopic (exact) mass is 207 g/mol. The van der Waals surface area contributed by atoms with Gasteiger partial charge in [-0.15, -0.1) is 0 Å². The van der Waals surface area contributed by atoms with E-state index in [1.807, 2.05) is 0 Å². The van der Waals surface area contributed by atoms with Crippen molar-refractivity contribution in [3.05, 3.63) is 0 Å². The summed E-state index contributed by atoms with van der Waals surface area (Å²) in [6.45, 7) is 0.252. The molecular formula is C13H21NO. The minimum Gasteiger partial charge on any atom is -0.324 e. The van der Waals surface area contributed by atoms with Gasteiger partial charge in [0.15, 0.2) is 0 Å². The maximum atomic E-state index is 11.6. The van der Waals surface area contributed by atoms with Crippen LogP contribution in [0.5, 0.6) is 0 Å². The molecule has 4 aliphatic rings. The first kappa shape index (κ1) is 9.83. The van der Waals surface area contributed by atoms with E-state index in [2.05, 4.69) is 0 Å². The summed E-state index contributed by atoms with van der Waals surface area (Å²) in [6.07, 6.45) is 9.12. The second kappa shape index (κ2) is 3.31. The number of rotatable bonds is 3. The van der Waals surface area contributed by atoms with Gasteiger partial charge in [-0.3, -0.25) is 4.79 Å². The topological polar surface area (TPSA) is 43.1 Å². The van der Waals surface area contributed by atoms with Crippen LogP contribution in [0.1, 0.15) is 44.9 Å². The van der Waals surface area contributed by atoms with Gasteiger partial charge in [-0.2, -0.15) is 0 Å². The van der Waals surface area contributed by atoms with Crippen molar-refractivity contribution < 1.29 is 4.79 Å². The largest absolute Gasteiger partial charge is 0.324 e. The standard InChI is InChI=1S/C13H21NO/c14-8-12(15)7-13-4-9-1-10(5-13)3-11(2-9)6-13/h9-11H,1-8,14H2. The molecule has 4 bridgehead atoms. The van der Waals surface area contributed by atoms with Crippen LogP contribution in [0.2, 0.25) is 0 Å². The van der Waals surface area contributed by atoms with Gasteiger partial charge in [0.25, 0.3) is 0 Å². The molecule has 0 aromatic rings. The first-order chi connectivity index (χ1) is 7.19. The zero-order valence-corrected chi connectivity index (χ0v) is 9.37. The highest BCUT2D eigenvalue weighted by Gasteiger charge is 2.51. The van der Waals surface area contributed by atoms with E-state index in [9.17, 15) is 4.79 Å². The van der Waals surface area contributed by atoms with Crippen LogP contribution in [0.25, 0.3) is 0 Å². The highest BCUT2D eigenvalue weighted by molar-refractivity contribution is 5.81. The van der Waals surface area contributed by atoms with Gasteiger partial charge >= 0.3 is 0 Å². The fourth-order valence-electron chi connectivity index (χ4n) is 5.00. The van der Waals surface area contributed by atoms with Crippen LogP contribution in [0.3, 0.4) is 0 Å². The fraction of sp³-hybridized carbons (Fsp3) is 0.923. The Bertz CT molecular complexity index is 249. The Morgan fingerprint density at radius 3 is 1.93 bits per heavy atom. The molecule has 0 aromatic carbocycles. The maximum absolute atomic E-state index is 11.6. The summed E-state index contributed by atoms with van der Waals surface area (Å²) in [7, 11) is 0. The Hall–Kier alpha value is -0.370. The SMILES string of the molecule is NCC(=O)CC12CC3CC(CC(C3)C1)C2. The van der Waals surface area contributed by atoms with Gasteiger partial charge in [-0.25, -0.2) is 0 Å². The van der Waals surface area contributed by atoms with E-state index in [-0.39, 0.29) is 12.3 Å². The van der Waals surface area contributed by atoms with Crippen molar-refractivity contribution in [3.8, 4) is 0 Å². The summed E-state index contributed by atoms with van der Waals surface area (Å²) in [5.41, 5.74) is 5.85. The van der Waals surface area contributed by atoms with Crippen LogP contribution in [-0.2, 0) is 4.79 Å². The first-order valence-corrected chi connectivity index (χ1v) is 6.41. The van der Waals surface area contributed by atoms with E-state index in [4.69, 9.17) is 5.73 Å². The van der Waals surface area contributed by atoms with Crippen molar-refractivity contribution in [2.45, 2.75) is 44.9 Å². The molecule has 4 fully saturated rings. The average molecular weight is 207 g/mol. The number of carbonyl (C=O) groups excluding carboxylic acids is 1. The summed E-state index contributed by atoms with van der Waals surface area (Å²) in [6, 6.07) is 0. The van der Waals surface area contributed by atoms with Gasteiger partial charge in [0, 0.05) is 6.42 Å². The molecule has 84 valence electrons. The molecule has 0 aromatic heterocycles. The summed E-state index contributed by atoms with van der Waals surface area (Å²) in [5.74, 6) is 3.13. The zero-order valence-electron chi connectivity index (χ0n) is 9.37. The number of carbonyl (C=O) groups is 1. The lowest BCUT2D eigenvalue weighted by Gasteiger charge is -2.56. The fourth-order valence-corrected chi connectivity index (χ4v) is 5.00. The molecular weight excluding hydrogens is 186 g/mol. The highest BCUT2D eigenvalue weighted by atomic mass is 16.1. The van der Waals surface area contributed by atoms with Gasteiger partial charge in [-0.05, 0) is 61.7 Å². The van der Waals surface area contributed by atoms with E-state index >= 15 is 0 Å². The second-order valence-electron chi connectivity index (χ2n) is 6.34. The molecule has 0 heterocycles. The number of hydrogen-bond acceptors (Lipinski definition) is 2. The molecule has 2 N–H and O–H groups in total. The zero-order chi connectivity index (χ0) is 10.5. The van der Waals surface area contributed by atoms with E-state index in [0.717, 1.165) is 24.2 Å². The van der Waals surface area contributed by atoms with E-state index in [0.29, 0.717) is 5.41 Å². The number of nitrogens with two attached hydrogens (primary N) is 1. The number of ketones is 1. The first-order valence-electron chi connectivity index (χ1n) is 6.41. The predicted octanol–water partition coefficient (Wildman–Crippen LogP) is 2.12. The molecule has 4 saturated carbocycles. The third-order valence-electron chi connectivity index (χ3n) is 4.96. The van der Waals surface area contributed by atoms with Gasteiger partial charge in [-0.1, -0.05) is 0 Å². The molecule has 0 atom stereocenters. The van der Waals surface area contributed by atoms with E-state index < -0.39 is 0 Å². The normalized spacial score (nSPS) is 47.1. The lowest BCUT2D eigenvalue weighted by atomic mass is 9.48. The molecule has 0 radical (unpaired) electrons. The van der Waals surface area contributed by atoms with Crippen LogP contribution >= 0.6 is 0 Å². The molecule has 4 aliphatic carbocycles. The molecule has 0 amide bonds. The van der Waals surface area contributed by atoms with Gasteiger partial charge in [0.05, 0.1) is 6.54 Å². The van der Waals surface area contributed by atoms with Crippen LogP contribution in [-0.4, -0.2) is 12.3 Å². The Morgan fingerprint density at radius 1 is 1.07 bits per heavy atom. The number of Topliss-reactive ketones (excluding diaryl/α,β-unsaturated/α-hetero) is 1. The van der Waals surface area contributed by atoms with Crippen LogP contribution < -0.4 is 5.73 Å². The van der Waals surface area contributed by atoms with Crippen molar-refractivity contribution in [1.29, 1.82) is 0 Å². The van der Waals surface area contributed by atoms with E-state index in [1.165, 1.54) is 38.5 Å². The quantitative estimate of drug-likeness (QED) is 0.770. The van der Waals surface area contributed by atoms with Gasteiger partial charge < -0.3 is 5.73 Å². The third-order valence-corrected chi connectivity index (χ3v) is 4.96. The Morgan fingerprint density at radius 2 is 1.53 bits per heavy atom. The van der Waals surface area contributed by atoms with Crippen molar-refractivity contribution in [2.24, 2.45) is 28.9 Å². The van der Waals surface area contributed by atoms with Crippen LogP contribution in [0, 0.1) is 23.2 Å². The molecule has 0 unspecified atom stereocenters. The molecule has 2 nitrogen and oxygen atoms in total. The maximum Gasteiger partial charge on any atom is 0.146 e. The van der Waals surface area contributed by atoms with Crippen molar-refractivity contribution in [2.75, 3.05) is 6.54 Å². The minimum absolute atomic E-state index is 0.252. The number of hydrogen-bond donors (Lipinski definition) is 1. The van der Waals surface area contributed by atoms with E-state index in [1.54, 1.807) is 0 Å². The Labute approximate surface area is 91.6 Å². The molecule has 4 rings (SSSR count). The Balaban J connectivity index is 1.78.